The van der Waals surface area contributed by atoms with Gasteiger partial charge in [-0.05, 0) is 13.8 Å². The van der Waals surface area contributed by atoms with E-state index in [1.165, 1.54) is 0 Å². The second kappa shape index (κ2) is 4.53. The Labute approximate surface area is 101 Å². The van der Waals surface area contributed by atoms with Crippen LogP contribution in [0.15, 0.2) is 12.3 Å². The lowest BCUT2D eigenvalue weighted by molar-refractivity contribution is 0.768. The van der Waals surface area contributed by atoms with Gasteiger partial charge in [0, 0.05) is 17.7 Å². The van der Waals surface area contributed by atoms with Gasteiger partial charge in [0.25, 0.3) is 0 Å². The Morgan fingerprint density at radius 2 is 2.00 bits per heavy atom. The third-order valence-electron chi connectivity index (χ3n) is 2.48. The molecule has 0 unspecified atom stereocenters. The second-order valence-corrected chi connectivity index (χ2v) is 4.44. The fourth-order valence-electron chi connectivity index (χ4n) is 1.53. The van der Waals surface area contributed by atoms with Gasteiger partial charge in [-0.15, -0.1) is 0 Å². The highest BCUT2D eigenvalue weighted by atomic mass is 15.1. The van der Waals surface area contributed by atoms with Gasteiger partial charge in [-0.1, -0.05) is 13.8 Å². The Morgan fingerprint density at radius 1 is 1.24 bits per heavy atom. The van der Waals surface area contributed by atoms with Gasteiger partial charge in [-0.2, -0.15) is 5.10 Å². The second-order valence-electron chi connectivity index (χ2n) is 4.44. The van der Waals surface area contributed by atoms with Crippen LogP contribution in [0.3, 0.4) is 0 Å². The van der Waals surface area contributed by atoms with Crippen molar-refractivity contribution in [3.8, 4) is 0 Å². The maximum Gasteiger partial charge on any atom is 0.134 e. The third kappa shape index (κ3) is 2.61. The topological polar surface area (TPSA) is 66.5 Å². The monoisotopic (exact) mass is 231 g/mol. The van der Waals surface area contributed by atoms with Crippen LogP contribution in [0.1, 0.15) is 37.0 Å². The summed E-state index contributed by atoms with van der Waals surface area (Å²) in [6, 6.07) is 1.93. The molecular weight excluding hydrogens is 214 g/mol. The summed E-state index contributed by atoms with van der Waals surface area (Å²) in [6.45, 7) is 8.11. The molecule has 0 atom stereocenters. The van der Waals surface area contributed by atoms with Crippen LogP contribution >= 0.6 is 0 Å². The molecule has 0 amide bonds. The van der Waals surface area contributed by atoms with Crippen LogP contribution in [0.5, 0.6) is 0 Å². The molecule has 2 aromatic heterocycles. The molecule has 2 N–H and O–H groups in total. The molecule has 0 saturated heterocycles. The molecule has 0 aliphatic rings. The first-order valence-corrected chi connectivity index (χ1v) is 5.69. The number of hydrogen-bond acceptors (Lipinski definition) is 4. The number of aromatic nitrogens is 4. The zero-order valence-electron chi connectivity index (χ0n) is 10.6. The van der Waals surface area contributed by atoms with E-state index in [9.17, 15) is 0 Å². The molecule has 2 rings (SSSR count). The number of nitrogens with zero attached hydrogens (tertiary/aromatic N) is 3. The fraction of sp³-hybridized carbons (Fsp3) is 0.417. The molecule has 0 bridgehead atoms. The molecule has 0 radical (unpaired) electrons. The molecule has 2 aromatic rings. The van der Waals surface area contributed by atoms with Gasteiger partial charge in [0.15, 0.2) is 0 Å². The van der Waals surface area contributed by atoms with Gasteiger partial charge in [0.2, 0.25) is 0 Å². The van der Waals surface area contributed by atoms with Crippen LogP contribution in [-0.2, 0) is 0 Å². The third-order valence-corrected chi connectivity index (χ3v) is 2.48. The zero-order chi connectivity index (χ0) is 12.4. The number of H-pyrrole nitrogens is 1. The molecule has 0 aromatic carbocycles. The van der Waals surface area contributed by atoms with Gasteiger partial charge < -0.3 is 5.32 Å². The molecule has 90 valence electrons. The number of nitrogens with one attached hydrogen (secondary N) is 2. The van der Waals surface area contributed by atoms with Gasteiger partial charge >= 0.3 is 0 Å². The van der Waals surface area contributed by atoms with Crippen LogP contribution < -0.4 is 5.32 Å². The minimum absolute atomic E-state index is 0.320. The molecule has 2 heterocycles. The van der Waals surface area contributed by atoms with Crippen molar-refractivity contribution in [2.45, 2.75) is 33.6 Å². The molecular formula is C12H17N5. The quantitative estimate of drug-likeness (QED) is 0.852. The first kappa shape index (κ1) is 11.6. The summed E-state index contributed by atoms with van der Waals surface area (Å²) in [7, 11) is 0. The molecule has 0 fully saturated rings. The first-order chi connectivity index (χ1) is 8.06. The van der Waals surface area contributed by atoms with Gasteiger partial charge in [0.05, 0.1) is 17.6 Å². The Balaban J connectivity index is 2.30. The van der Waals surface area contributed by atoms with Crippen molar-refractivity contribution in [3.05, 3.63) is 29.5 Å². The number of aromatic amines is 1. The molecule has 5 heteroatoms. The summed E-state index contributed by atoms with van der Waals surface area (Å²) in [5, 5.41) is 10.1. The van der Waals surface area contributed by atoms with Crippen LogP contribution in [0, 0.1) is 13.8 Å². The minimum Gasteiger partial charge on any atom is -0.337 e. The van der Waals surface area contributed by atoms with Gasteiger partial charge in [-0.3, -0.25) is 5.10 Å². The van der Waals surface area contributed by atoms with Crippen molar-refractivity contribution >= 4 is 11.5 Å². The van der Waals surface area contributed by atoms with Crippen LogP contribution in [0.25, 0.3) is 0 Å². The van der Waals surface area contributed by atoms with Crippen LogP contribution in [0.2, 0.25) is 0 Å². The lowest BCUT2D eigenvalue weighted by atomic mass is 10.2. The van der Waals surface area contributed by atoms with Gasteiger partial charge in [0.1, 0.15) is 11.6 Å². The summed E-state index contributed by atoms with van der Waals surface area (Å²) in [5.74, 6) is 1.99. The normalized spacial score (nSPS) is 10.9. The maximum absolute atomic E-state index is 4.49. The molecule has 0 aliphatic carbocycles. The Hall–Kier alpha value is -1.91. The Bertz CT molecular complexity index is 515. The molecule has 0 aliphatic heterocycles. The highest BCUT2D eigenvalue weighted by Crippen LogP contribution is 2.19. The number of anilines is 2. The van der Waals surface area contributed by atoms with Crippen molar-refractivity contribution in [1.82, 2.24) is 20.2 Å². The van der Waals surface area contributed by atoms with E-state index >= 15 is 0 Å². The highest BCUT2D eigenvalue weighted by Gasteiger charge is 2.07. The Kier molecular flexibility index (Phi) is 3.08. The molecule has 17 heavy (non-hydrogen) atoms. The van der Waals surface area contributed by atoms with E-state index in [1.54, 1.807) is 6.20 Å². The van der Waals surface area contributed by atoms with Crippen molar-refractivity contribution in [2.24, 2.45) is 0 Å². The lowest BCUT2D eigenvalue weighted by Gasteiger charge is -2.09. The summed E-state index contributed by atoms with van der Waals surface area (Å²) in [5.41, 5.74) is 2.90. The fourth-order valence-corrected chi connectivity index (χ4v) is 1.53. The predicted octanol–water partition coefficient (Wildman–Crippen LogP) is 2.68. The number of hydrogen-bond donors (Lipinski definition) is 2. The predicted molar refractivity (Wildman–Crippen MR) is 67.5 cm³/mol. The van der Waals surface area contributed by atoms with Crippen molar-refractivity contribution < 1.29 is 0 Å². The zero-order valence-corrected chi connectivity index (χ0v) is 10.6. The standard InChI is InChI=1S/C12H17N5/c1-7(2)12-14-8(3)5-11(16-12)15-10-6-13-17-9(10)4/h5-7H,1-4H3,(H,13,17)(H,14,15,16). The van der Waals surface area contributed by atoms with Crippen molar-refractivity contribution in [2.75, 3.05) is 5.32 Å². The van der Waals surface area contributed by atoms with E-state index < -0.39 is 0 Å². The molecule has 5 nitrogen and oxygen atoms in total. The van der Waals surface area contributed by atoms with Crippen molar-refractivity contribution in [1.29, 1.82) is 0 Å². The van der Waals surface area contributed by atoms with Crippen LogP contribution in [-0.4, -0.2) is 20.2 Å². The smallest absolute Gasteiger partial charge is 0.134 e. The summed E-state index contributed by atoms with van der Waals surface area (Å²) >= 11 is 0. The first-order valence-electron chi connectivity index (χ1n) is 5.69. The van der Waals surface area contributed by atoms with E-state index in [2.05, 4.69) is 39.3 Å². The number of aryl methyl sites for hydroxylation is 2. The summed E-state index contributed by atoms with van der Waals surface area (Å²) < 4.78 is 0. The average Bonchev–Trinajstić information content (AvgIpc) is 2.63. The van der Waals surface area contributed by atoms with E-state index in [4.69, 9.17) is 0 Å². The van der Waals surface area contributed by atoms with E-state index in [0.29, 0.717) is 5.92 Å². The largest absolute Gasteiger partial charge is 0.337 e. The van der Waals surface area contributed by atoms with E-state index in [1.807, 2.05) is 19.9 Å². The molecule has 0 saturated carbocycles. The SMILES string of the molecule is Cc1cc(Nc2cn[nH]c2C)nc(C(C)C)n1. The highest BCUT2D eigenvalue weighted by molar-refractivity contribution is 5.57. The average molecular weight is 231 g/mol. The molecule has 0 spiro atoms. The Morgan fingerprint density at radius 3 is 2.59 bits per heavy atom. The van der Waals surface area contributed by atoms with Crippen LogP contribution in [0.4, 0.5) is 11.5 Å². The summed E-state index contributed by atoms with van der Waals surface area (Å²) in [6.07, 6.45) is 1.75. The maximum atomic E-state index is 4.49. The van der Waals surface area contributed by atoms with Crippen molar-refractivity contribution in [3.63, 3.8) is 0 Å². The lowest BCUT2D eigenvalue weighted by Crippen LogP contribution is -2.03. The van der Waals surface area contributed by atoms with E-state index in [-0.39, 0.29) is 0 Å². The minimum atomic E-state index is 0.320. The number of rotatable bonds is 3. The van der Waals surface area contributed by atoms with E-state index in [0.717, 1.165) is 28.7 Å². The summed E-state index contributed by atoms with van der Waals surface area (Å²) in [4.78, 5) is 8.90. The van der Waals surface area contributed by atoms with Gasteiger partial charge in [-0.25, -0.2) is 9.97 Å².